The van der Waals surface area contributed by atoms with Crippen molar-refractivity contribution in [2.45, 2.75) is 32.2 Å². The number of anilines is 1. The fraction of sp³-hybridized carbons (Fsp3) is 0.296. The number of carbonyl (C=O) groups excluding carboxylic acids is 1. The van der Waals surface area contributed by atoms with Crippen LogP contribution in [0.4, 0.5) is 10.1 Å². The summed E-state index contributed by atoms with van der Waals surface area (Å²) in [5.41, 5.74) is 1.81. The van der Waals surface area contributed by atoms with Gasteiger partial charge in [0.2, 0.25) is 5.91 Å². The maximum absolute atomic E-state index is 14.3. The van der Waals surface area contributed by atoms with E-state index in [0.29, 0.717) is 23.2 Å². The van der Waals surface area contributed by atoms with Gasteiger partial charge in [0.1, 0.15) is 5.82 Å². The molecule has 2 aromatic rings. The van der Waals surface area contributed by atoms with E-state index in [2.05, 4.69) is 12.1 Å². The number of amides is 1. The van der Waals surface area contributed by atoms with E-state index in [4.69, 9.17) is 0 Å². The van der Waals surface area contributed by atoms with Crippen molar-refractivity contribution in [1.82, 2.24) is 0 Å². The van der Waals surface area contributed by atoms with Gasteiger partial charge in [-0.1, -0.05) is 44.2 Å². The van der Waals surface area contributed by atoms with Gasteiger partial charge in [-0.05, 0) is 59.4 Å². The molecular weight excluding hydrogens is 419 g/mol. The molecule has 6 heteroatoms. The number of hydrogen-bond donors (Lipinski definition) is 1. The lowest BCUT2D eigenvalue weighted by Crippen LogP contribution is -2.35. The Kier molecular flexibility index (Phi) is 4.58. The van der Waals surface area contributed by atoms with Crippen LogP contribution < -0.4 is 4.90 Å². The second kappa shape index (κ2) is 7.14. The van der Waals surface area contributed by atoms with Gasteiger partial charge in [0.15, 0.2) is 0 Å². The first-order valence-corrected chi connectivity index (χ1v) is 11.0. The molecule has 1 fully saturated rings. The van der Waals surface area contributed by atoms with Crippen molar-refractivity contribution in [3.05, 3.63) is 88.8 Å². The molecule has 1 spiro atoms. The monoisotopic (exact) mass is 442 g/mol. The number of benzene rings is 2. The molecule has 0 radical (unpaired) electrons. The zero-order chi connectivity index (χ0) is 23.5. The van der Waals surface area contributed by atoms with E-state index in [0.717, 1.165) is 5.57 Å². The van der Waals surface area contributed by atoms with Crippen molar-refractivity contribution in [2.24, 2.45) is 17.3 Å². The van der Waals surface area contributed by atoms with Gasteiger partial charge in [0.25, 0.3) is 0 Å². The average molecular weight is 442 g/mol. The van der Waals surface area contributed by atoms with Gasteiger partial charge in [-0.3, -0.25) is 4.79 Å². The van der Waals surface area contributed by atoms with Crippen LogP contribution in [0.25, 0.3) is 0 Å². The van der Waals surface area contributed by atoms with E-state index >= 15 is 0 Å². The number of rotatable bonds is 4. The number of aromatic carboxylic acids is 1. The number of carbonyl (C=O) groups is 2. The zero-order valence-electron chi connectivity index (χ0n) is 18.4. The molecule has 166 valence electrons. The molecule has 5 nitrogen and oxygen atoms in total. The lowest BCUT2D eigenvalue weighted by Gasteiger charge is -2.25. The van der Waals surface area contributed by atoms with E-state index < -0.39 is 22.6 Å². The maximum Gasteiger partial charge on any atom is 0.335 e. The first-order valence-electron chi connectivity index (χ1n) is 11.0. The van der Waals surface area contributed by atoms with Gasteiger partial charge >= 0.3 is 5.97 Å². The Hall–Kier alpha value is -3.72. The molecule has 1 saturated carbocycles. The highest BCUT2D eigenvalue weighted by Gasteiger charge is 2.75. The predicted octanol–water partition coefficient (Wildman–Crippen LogP) is 4.99. The van der Waals surface area contributed by atoms with Crippen molar-refractivity contribution in [3.63, 3.8) is 0 Å². The summed E-state index contributed by atoms with van der Waals surface area (Å²) in [5.74, 6) is -1.69. The molecule has 1 N–H and O–H groups in total. The molecule has 0 bridgehead atoms. The lowest BCUT2D eigenvalue weighted by molar-refractivity contribution is -0.121. The third-order valence-corrected chi connectivity index (χ3v) is 7.55. The summed E-state index contributed by atoms with van der Waals surface area (Å²) in [6.45, 7) is 4.23. The Balaban J connectivity index is 1.55. The van der Waals surface area contributed by atoms with Gasteiger partial charge in [-0.15, -0.1) is 0 Å². The number of allylic oxidation sites excluding steroid dienone is 4. The highest BCUT2D eigenvalue weighted by atomic mass is 19.1. The van der Waals surface area contributed by atoms with Crippen LogP contribution >= 0.6 is 0 Å². The Bertz CT molecular complexity index is 1310. The number of halogens is 1. The molecule has 0 saturated heterocycles. The van der Waals surface area contributed by atoms with Crippen LogP contribution in [-0.4, -0.2) is 17.0 Å². The summed E-state index contributed by atoms with van der Waals surface area (Å²) in [7, 11) is 0. The van der Waals surface area contributed by atoms with Gasteiger partial charge in [0.05, 0.1) is 29.5 Å². The van der Waals surface area contributed by atoms with Crippen molar-refractivity contribution < 1.29 is 19.1 Å². The summed E-state index contributed by atoms with van der Waals surface area (Å²) < 4.78 is 14.3. The second-order valence-electron chi connectivity index (χ2n) is 9.47. The standard InChI is InChI=1S/C27H23FN2O3/c1-16-10-20(7-6-19(16)13-29)26(2)15-27(26)22-12-21(28)8-9-23(22)30(25(27)33)14-17-4-3-5-18(11-17)24(31)32/h3-12,16,19H,14-15H2,1-2H3,(H,31,32). The minimum absolute atomic E-state index is 0.0304. The third kappa shape index (κ3) is 2.96. The van der Waals surface area contributed by atoms with E-state index in [1.54, 1.807) is 29.2 Å². The highest BCUT2D eigenvalue weighted by Crippen LogP contribution is 2.73. The maximum atomic E-state index is 14.3. The molecule has 0 aromatic heterocycles. The second-order valence-corrected chi connectivity index (χ2v) is 9.47. The van der Waals surface area contributed by atoms with Crippen LogP contribution in [0, 0.1) is 34.4 Å². The van der Waals surface area contributed by atoms with Crippen LogP contribution in [0.2, 0.25) is 0 Å². The van der Waals surface area contributed by atoms with Crippen LogP contribution in [0.5, 0.6) is 0 Å². The van der Waals surface area contributed by atoms with Gasteiger partial charge in [-0.25, -0.2) is 9.18 Å². The van der Waals surface area contributed by atoms with Gasteiger partial charge in [0, 0.05) is 11.1 Å². The van der Waals surface area contributed by atoms with E-state index in [1.165, 1.54) is 18.2 Å². The summed E-state index contributed by atoms with van der Waals surface area (Å²) in [6, 6.07) is 13.3. The molecule has 4 unspecified atom stereocenters. The summed E-state index contributed by atoms with van der Waals surface area (Å²) >= 11 is 0. The fourth-order valence-corrected chi connectivity index (χ4v) is 5.57. The number of carboxylic acids is 1. The molecule has 1 heterocycles. The van der Waals surface area contributed by atoms with Crippen molar-refractivity contribution in [1.29, 1.82) is 5.26 Å². The fourth-order valence-electron chi connectivity index (χ4n) is 5.57. The van der Waals surface area contributed by atoms with Gasteiger partial charge < -0.3 is 10.0 Å². The molecule has 2 aromatic carbocycles. The number of fused-ring (bicyclic) bond motifs is 2. The first kappa shape index (κ1) is 21.1. The minimum atomic E-state index is -1.03. The third-order valence-electron chi connectivity index (χ3n) is 7.55. The summed E-state index contributed by atoms with van der Waals surface area (Å²) in [5, 5.41) is 18.7. The molecule has 1 amide bonds. The van der Waals surface area contributed by atoms with Crippen molar-refractivity contribution >= 4 is 17.6 Å². The molecule has 5 rings (SSSR count). The molecule has 4 atom stereocenters. The molecule has 1 aliphatic heterocycles. The number of hydrogen-bond acceptors (Lipinski definition) is 3. The lowest BCUT2D eigenvalue weighted by atomic mass is 9.78. The van der Waals surface area contributed by atoms with E-state index in [9.17, 15) is 24.3 Å². The number of carboxylic acid groups (broad SMARTS) is 1. The van der Waals surface area contributed by atoms with E-state index in [1.807, 2.05) is 26.0 Å². The van der Waals surface area contributed by atoms with E-state index in [-0.39, 0.29) is 29.9 Å². The highest BCUT2D eigenvalue weighted by molar-refractivity contribution is 6.12. The Morgan fingerprint density at radius 2 is 2.09 bits per heavy atom. The topological polar surface area (TPSA) is 81.4 Å². The van der Waals surface area contributed by atoms with Crippen LogP contribution in [0.3, 0.4) is 0 Å². The first-order chi connectivity index (χ1) is 15.7. The van der Waals surface area contributed by atoms with Crippen LogP contribution in [-0.2, 0) is 16.8 Å². The Morgan fingerprint density at radius 3 is 2.79 bits per heavy atom. The minimum Gasteiger partial charge on any atom is -0.478 e. The summed E-state index contributed by atoms with van der Waals surface area (Å²) in [6.07, 6.45) is 6.45. The largest absolute Gasteiger partial charge is 0.478 e. The average Bonchev–Trinajstić information content (AvgIpc) is 3.38. The van der Waals surface area contributed by atoms with Crippen LogP contribution in [0.1, 0.15) is 41.8 Å². The molecule has 33 heavy (non-hydrogen) atoms. The summed E-state index contributed by atoms with van der Waals surface area (Å²) in [4.78, 5) is 27.0. The van der Waals surface area contributed by atoms with Crippen molar-refractivity contribution in [2.75, 3.05) is 4.90 Å². The van der Waals surface area contributed by atoms with Crippen LogP contribution in [0.15, 0.2) is 66.3 Å². The smallest absolute Gasteiger partial charge is 0.335 e. The Morgan fingerprint density at radius 1 is 1.30 bits per heavy atom. The zero-order valence-corrected chi connectivity index (χ0v) is 18.4. The normalized spacial score (nSPS) is 29.6. The molecule has 3 aliphatic rings. The predicted molar refractivity (Wildman–Crippen MR) is 121 cm³/mol. The quantitative estimate of drug-likeness (QED) is 0.723. The number of nitriles is 1. The Labute approximate surface area is 191 Å². The molecule has 2 aliphatic carbocycles. The SMILES string of the molecule is CC1C=C(C2(C)CC23C(=O)N(Cc2cccc(C(=O)O)c2)c2ccc(F)cc23)C=CC1C#N. The molecular formula is C27H23FN2O3. The van der Waals surface area contributed by atoms with Crippen molar-refractivity contribution in [3.8, 4) is 6.07 Å². The van der Waals surface area contributed by atoms with Gasteiger partial charge in [-0.2, -0.15) is 5.26 Å². The number of nitrogens with zero attached hydrogens (tertiary/aromatic N) is 2.